The molecule has 1 heterocycles. The number of anilines is 1. The lowest BCUT2D eigenvalue weighted by molar-refractivity contribution is 0.288. The molecule has 0 unspecified atom stereocenters. The maximum Gasteiger partial charge on any atom is 0.0584 e. The molecule has 5 nitrogen and oxygen atoms in total. The molecule has 0 amide bonds. The van der Waals surface area contributed by atoms with Crippen molar-refractivity contribution in [2.45, 2.75) is 12.8 Å². The Bertz CT molecular complexity index is 581. The van der Waals surface area contributed by atoms with Crippen molar-refractivity contribution in [1.29, 1.82) is 0 Å². The molecular formula is C16H20N4O. The van der Waals surface area contributed by atoms with E-state index in [1.165, 1.54) is 10.6 Å². The van der Waals surface area contributed by atoms with Crippen molar-refractivity contribution in [1.82, 2.24) is 4.98 Å². The maximum atomic E-state index is 8.82. The average Bonchev–Trinajstić information content (AvgIpc) is 2.54. The smallest absolute Gasteiger partial charge is 0.0584 e. The Balaban J connectivity index is 2.07. The Labute approximate surface area is 124 Å². The van der Waals surface area contributed by atoms with Gasteiger partial charge in [0.15, 0.2) is 0 Å². The van der Waals surface area contributed by atoms with Crippen molar-refractivity contribution >= 4 is 11.4 Å². The number of aromatic nitrogens is 1. The SMILES string of the molecule is N/C(=C\N(N)c1ccc(CCCO)cc1)c1cccnc1. The molecule has 0 bridgehead atoms. The minimum Gasteiger partial charge on any atom is -0.397 e. The van der Waals surface area contributed by atoms with E-state index in [2.05, 4.69) is 4.98 Å². The van der Waals surface area contributed by atoms with E-state index in [1.54, 1.807) is 18.6 Å². The Morgan fingerprint density at radius 2 is 2.00 bits per heavy atom. The van der Waals surface area contributed by atoms with Gasteiger partial charge in [-0.25, -0.2) is 5.84 Å². The van der Waals surface area contributed by atoms with Crippen LogP contribution < -0.4 is 16.6 Å². The Kier molecular flexibility index (Phi) is 5.31. The van der Waals surface area contributed by atoms with Gasteiger partial charge in [-0.1, -0.05) is 12.1 Å². The van der Waals surface area contributed by atoms with E-state index < -0.39 is 0 Å². The molecule has 0 fully saturated rings. The predicted molar refractivity (Wildman–Crippen MR) is 84.9 cm³/mol. The second kappa shape index (κ2) is 7.42. The number of nitrogens with two attached hydrogens (primary N) is 2. The van der Waals surface area contributed by atoms with Crippen molar-refractivity contribution < 1.29 is 5.11 Å². The van der Waals surface area contributed by atoms with Crippen LogP contribution in [0.25, 0.3) is 5.70 Å². The number of hydrazine groups is 1. The van der Waals surface area contributed by atoms with Crippen LogP contribution in [0.5, 0.6) is 0 Å². The quantitative estimate of drug-likeness (QED) is 0.554. The fourth-order valence-electron chi connectivity index (χ4n) is 1.95. The molecule has 0 aliphatic carbocycles. The van der Waals surface area contributed by atoms with Crippen LogP contribution in [0.2, 0.25) is 0 Å². The molecule has 21 heavy (non-hydrogen) atoms. The zero-order valence-corrected chi connectivity index (χ0v) is 11.8. The number of benzene rings is 1. The number of hydrogen-bond acceptors (Lipinski definition) is 5. The largest absolute Gasteiger partial charge is 0.397 e. The van der Waals surface area contributed by atoms with Crippen molar-refractivity contribution in [2.75, 3.05) is 11.6 Å². The molecule has 0 saturated carbocycles. The minimum absolute atomic E-state index is 0.204. The normalized spacial score (nSPS) is 11.4. The van der Waals surface area contributed by atoms with E-state index in [0.29, 0.717) is 5.70 Å². The van der Waals surface area contributed by atoms with E-state index >= 15 is 0 Å². The van der Waals surface area contributed by atoms with Crippen molar-refractivity contribution in [3.8, 4) is 0 Å². The van der Waals surface area contributed by atoms with E-state index in [-0.39, 0.29) is 6.61 Å². The van der Waals surface area contributed by atoms with Gasteiger partial charge in [-0.05, 0) is 42.7 Å². The van der Waals surface area contributed by atoms with Gasteiger partial charge in [-0.15, -0.1) is 0 Å². The van der Waals surface area contributed by atoms with Gasteiger partial charge in [0.05, 0.1) is 11.4 Å². The van der Waals surface area contributed by atoms with Gasteiger partial charge >= 0.3 is 0 Å². The fourth-order valence-corrected chi connectivity index (χ4v) is 1.95. The Hall–Kier alpha value is -2.37. The first-order valence-electron chi connectivity index (χ1n) is 6.82. The molecule has 0 aliphatic heterocycles. The van der Waals surface area contributed by atoms with Gasteiger partial charge in [0.2, 0.25) is 0 Å². The Morgan fingerprint density at radius 3 is 2.62 bits per heavy atom. The van der Waals surface area contributed by atoms with Crippen molar-refractivity contribution in [3.05, 3.63) is 66.1 Å². The standard InChI is InChI=1S/C16H20N4O/c17-16(14-4-1-9-19-11-14)12-20(18)15-7-5-13(6-8-15)3-2-10-21/h1,4-9,11-12,21H,2-3,10,17-18H2/b16-12-. The number of aliphatic hydroxyl groups excluding tert-OH is 1. The van der Waals surface area contributed by atoms with E-state index in [0.717, 1.165) is 24.1 Å². The van der Waals surface area contributed by atoms with Crippen LogP contribution in [0.4, 0.5) is 5.69 Å². The van der Waals surface area contributed by atoms with Crippen LogP contribution >= 0.6 is 0 Å². The first-order valence-corrected chi connectivity index (χ1v) is 6.82. The molecule has 0 atom stereocenters. The number of aliphatic hydroxyl groups is 1. The summed E-state index contributed by atoms with van der Waals surface area (Å²) in [5.41, 5.74) is 9.39. The summed E-state index contributed by atoms with van der Waals surface area (Å²) in [7, 11) is 0. The van der Waals surface area contributed by atoms with Crippen molar-refractivity contribution in [2.24, 2.45) is 11.6 Å². The average molecular weight is 284 g/mol. The van der Waals surface area contributed by atoms with Crippen LogP contribution in [0.15, 0.2) is 55.0 Å². The van der Waals surface area contributed by atoms with Crippen LogP contribution in [0.1, 0.15) is 17.5 Å². The molecule has 0 saturated heterocycles. The first-order chi connectivity index (χ1) is 10.2. The lowest BCUT2D eigenvalue weighted by Gasteiger charge is -2.15. The zero-order valence-electron chi connectivity index (χ0n) is 11.8. The van der Waals surface area contributed by atoms with Crippen LogP contribution in [-0.4, -0.2) is 16.7 Å². The molecule has 2 aromatic rings. The molecule has 0 aliphatic rings. The highest BCUT2D eigenvalue weighted by molar-refractivity contribution is 5.65. The molecule has 0 spiro atoms. The van der Waals surface area contributed by atoms with Gasteiger partial charge in [-0.2, -0.15) is 0 Å². The first kappa shape index (κ1) is 15.0. The summed E-state index contributed by atoms with van der Waals surface area (Å²) in [6.07, 6.45) is 6.67. The summed E-state index contributed by atoms with van der Waals surface area (Å²) >= 11 is 0. The summed E-state index contributed by atoms with van der Waals surface area (Å²) in [6.45, 7) is 0.204. The highest BCUT2D eigenvalue weighted by Gasteiger charge is 2.02. The fraction of sp³-hybridized carbons (Fsp3) is 0.188. The predicted octanol–water partition coefficient (Wildman–Crippen LogP) is 1.64. The molecule has 0 radical (unpaired) electrons. The van der Waals surface area contributed by atoms with Crippen LogP contribution in [0, 0.1) is 0 Å². The molecule has 110 valence electrons. The number of aryl methyl sites for hydroxylation is 1. The van der Waals surface area contributed by atoms with E-state index in [1.807, 2.05) is 36.4 Å². The monoisotopic (exact) mass is 284 g/mol. The second-order valence-electron chi connectivity index (χ2n) is 4.73. The molecule has 5 N–H and O–H groups in total. The van der Waals surface area contributed by atoms with Crippen molar-refractivity contribution in [3.63, 3.8) is 0 Å². The molecular weight excluding hydrogens is 264 g/mol. The molecule has 1 aromatic heterocycles. The van der Waals surface area contributed by atoms with Gasteiger partial charge in [0, 0.05) is 30.8 Å². The Morgan fingerprint density at radius 1 is 1.24 bits per heavy atom. The highest BCUT2D eigenvalue weighted by atomic mass is 16.2. The van der Waals surface area contributed by atoms with Gasteiger partial charge in [0.1, 0.15) is 0 Å². The van der Waals surface area contributed by atoms with E-state index in [4.69, 9.17) is 16.7 Å². The molecule has 2 rings (SSSR count). The summed E-state index contributed by atoms with van der Waals surface area (Å²) in [5.74, 6) is 6.00. The summed E-state index contributed by atoms with van der Waals surface area (Å²) in [5, 5.41) is 10.3. The van der Waals surface area contributed by atoms with Gasteiger partial charge in [-0.3, -0.25) is 9.99 Å². The topological polar surface area (TPSA) is 88.4 Å². The minimum atomic E-state index is 0.204. The number of hydrogen-bond donors (Lipinski definition) is 3. The van der Waals surface area contributed by atoms with E-state index in [9.17, 15) is 0 Å². The van der Waals surface area contributed by atoms with Crippen LogP contribution in [0.3, 0.4) is 0 Å². The number of nitrogens with zero attached hydrogens (tertiary/aromatic N) is 2. The zero-order chi connectivity index (χ0) is 15.1. The summed E-state index contributed by atoms with van der Waals surface area (Å²) in [4.78, 5) is 4.03. The summed E-state index contributed by atoms with van der Waals surface area (Å²) in [6, 6.07) is 11.6. The third-order valence-corrected chi connectivity index (χ3v) is 3.13. The lowest BCUT2D eigenvalue weighted by Crippen LogP contribution is -2.25. The number of pyridine rings is 1. The third-order valence-electron chi connectivity index (χ3n) is 3.13. The summed E-state index contributed by atoms with van der Waals surface area (Å²) < 4.78 is 0. The van der Waals surface area contributed by atoms with Crippen LogP contribution in [-0.2, 0) is 6.42 Å². The molecule has 5 heteroatoms. The third kappa shape index (κ3) is 4.30. The highest BCUT2D eigenvalue weighted by Crippen LogP contribution is 2.16. The maximum absolute atomic E-state index is 8.82. The second-order valence-corrected chi connectivity index (χ2v) is 4.73. The lowest BCUT2D eigenvalue weighted by atomic mass is 10.1. The van der Waals surface area contributed by atoms with Gasteiger partial charge < -0.3 is 10.8 Å². The number of rotatable bonds is 6. The molecule has 1 aromatic carbocycles. The van der Waals surface area contributed by atoms with Gasteiger partial charge in [0.25, 0.3) is 0 Å².